The van der Waals surface area contributed by atoms with Crippen LogP contribution in [0.4, 0.5) is 0 Å². The molecular weight excluding hydrogens is 111 g/mol. The lowest BCUT2D eigenvalue weighted by Gasteiger charge is -1.87. The maximum Gasteiger partial charge on any atom is 0.187 e. The molecule has 0 fully saturated rings. The van der Waals surface area contributed by atoms with Gasteiger partial charge in [-0.05, 0) is 12.8 Å². The third-order valence-electron chi connectivity index (χ3n) is 1.01. The van der Waals surface area contributed by atoms with Gasteiger partial charge in [0.15, 0.2) is 17.4 Å². The van der Waals surface area contributed by atoms with Gasteiger partial charge in [-0.1, -0.05) is 25.8 Å². The minimum atomic E-state index is 0. The van der Waals surface area contributed by atoms with E-state index >= 15 is 0 Å². The van der Waals surface area contributed by atoms with Crippen LogP contribution in [0.1, 0.15) is 32.6 Å². The van der Waals surface area contributed by atoms with Gasteiger partial charge in [0.2, 0.25) is 0 Å². The van der Waals surface area contributed by atoms with Crippen molar-refractivity contribution in [1.82, 2.24) is 0 Å². The first-order valence-electron chi connectivity index (χ1n) is 3.02. The van der Waals surface area contributed by atoms with E-state index in [1.165, 1.54) is 25.7 Å². The Morgan fingerprint density at radius 1 is 1.38 bits per heavy atom. The number of unbranched alkanes of at least 4 members (excludes halogenated alkanes) is 3. The third kappa shape index (κ3) is 9.55. The second-order valence-corrected chi connectivity index (χ2v) is 1.78. The molecule has 0 aromatic carbocycles. The van der Waals surface area contributed by atoms with E-state index in [1.807, 2.05) is 6.08 Å². The van der Waals surface area contributed by atoms with E-state index in [0.29, 0.717) is 0 Å². The standard InChI is InChI=1S/C7H14.Al.3H/c1-3-5-7-6-4-2;;;;/h3H,1,4-7H2,2H3;;;;. The maximum atomic E-state index is 3.63. The second-order valence-electron chi connectivity index (χ2n) is 1.78. The molecule has 8 heavy (non-hydrogen) atoms. The molecule has 0 amide bonds. The van der Waals surface area contributed by atoms with Crippen molar-refractivity contribution >= 4 is 17.4 Å². The summed E-state index contributed by atoms with van der Waals surface area (Å²) < 4.78 is 0. The minimum Gasteiger partial charge on any atom is -0.103 e. The maximum absolute atomic E-state index is 3.63. The first-order chi connectivity index (χ1) is 3.41. The molecule has 0 saturated heterocycles. The van der Waals surface area contributed by atoms with Crippen LogP contribution in [0.25, 0.3) is 0 Å². The number of allylic oxidation sites excluding steroid dienone is 1. The largest absolute Gasteiger partial charge is 0.187 e. The van der Waals surface area contributed by atoms with Crippen LogP contribution in [-0.4, -0.2) is 17.4 Å². The summed E-state index contributed by atoms with van der Waals surface area (Å²) in [5.41, 5.74) is 0. The minimum absolute atomic E-state index is 0. The Morgan fingerprint density at radius 2 is 2.00 bits per heavy atom. The molecule has 0 bridgehead atoms. The van der Waals surface area contributed by atoms with E-state index in [0.717, 1.165) is 0 Å². The lowest BCUT2D eigenvalue weighted by atomic mass is 10.2. The van der Waals surface area contributed by atoms with Crippen molar-refractivity contribution in [1.29, 1.82) is 0 Å². The zero-order valence-corrected chi connectivity index (χ0v) is 5.11. The molecule has 0 aromatic heterocycles. The van der Waals surface area contributed by atoms with Crippen LogP contribution >= 0.6 is 0 Å². The van der Waals surface area contributed by atoms with Gasteiger partial charge in [-0.3, -0.25) is 0 Å². The summed E-state index contributed by atoms with van der Waals surface area (Å²) in [6, 6.07) is 0. The Kier molecular flexibility index (Phi) is 14.3. The molecule has 0 aromatic rings. The Morgan fingerprint density at radius 3 is 2.38 bits per heavy atom. The summed E-state index contributed by atoms with van der Waals surface area (Å²) in [6.45, 7) is 5.84. The van der Waals surface area contributed by atoms with Gasteiger partial charge in [0.25, 0.3) is 0 Å². The van der Waals surface area contributed by atoms with Gasteiger partial charge < -0.3 is 0 Å². The highest BCUT2D eigenvalue weighted by Gasteiger charge is 1.77. The summed E-state index contributed by atoms with van der Waals surface area (Å²) in [7, 11) is 0. The Labute approximate surface area is 63.1 Å². The summed E-state index contributed by atoms with van der Waals surface area (Å²) in [5.74, 6) is 0. The van der Waals surface area contributed by atoms with Crippen LogP contribution in [0.5, 0.6) is 0 Å². The Hall–Kier alpha value is 0.272. The quantitative estimate of drug-likeness (QED) is 0.306. The first kappa shape index (κ1) is 11.1. The highest BCUT2D eigenvalue weighted by molar-refractivity contribution is 5.75. The topological polar surface area (TPSA) is 0 Å². The molecule has 0 saturated carbocycles. The third-order valence-corrected chi connectivity index (χ3v) is 1.01. The second kappa shape index (κ2) is 10.3. The van der Waals surface area contributed by atoms with Gasteiger partial charge in [0, 0.05) is 0 Å². The fraction of sp³-hybridized carbons (Fsp3) is 0.714. The van der Waals surface area contributed by atoms with Crippen molar-refractivity contribution in [2.75, 3.05) is 0 Å². The highest BCUT2D eigenvalue weighted by atomic mass is 27.0. The monoisotopic (exact) mass is 128 g/mol. The number of hydrogen-bond acceptors (Lipinski definition) is 0. The highest BCUT2D eigenvalue weighted by Crippen LogP contribution is 1.97. The van der Waals surface area contributed by atoms with E-state index in [9.17, 15) is 0 Å². The van der Waals surface area contributed by atoms with Crippen molar-refractivity contribution in [2.45, 2.75) is 32.6 Å². The molecule has 0 aliphatic carbocycles. The van der Waals surface area contributed by atoms with Crippen LogP contribution in [0, 0.1) is 0 Å². The molecule has 0 rings (SSSR count). The molecule has 48 valence electrons. The van der Waals surface area contributed by atoms with Crippen molar-refractivity contribution in [3.63, 3.8) is 0 Å². The summed E-state index contributed by atoms with van der Waals surface area (Å²) in [4.78, 5) is 0. The van der Waals surface area contributed by atoms with Crippen LogP contribution in [-0.2, 0) is 0 Å². The van der Waals surface area contributed by atoms with Gasteiger partial charge in [0.05, 0.1) is 0 Å². The summed E-state index contributed by atoms with van der Waals surface area (Å²) in [5, 5.41) is 0. The van der Waals surface area contributed by atoms with Crippen LogP contribution in [0.15, 0.2) is 12.7 Å². The van der Waals surface area contributed by atoms with E-state index in [4.69, 9.17) is 0 Å². The van der Waals surface area contributed by atoms with Crippen molar-refractivity contribution in [2.24, 2.45) is 0 Å². The van der Waals surface area contributed by atoms with Gasteiger partial charge in [-0.15, -0.1) is 6.58 Å². The molecule has 0 aliphatic heterocycles. The van der Waals surface area contributed by atoms with Crippen LogP contribution < -0.4 is 0 Å². The zero-order valence-electron chi connectivity index (χ0n) is 5.11. The molecule has 0 radical (unpaired) electrons. The fourth-order valence-corrected chi connectivity index (χ4v) is 0.539. The van der Waals surface area contributed by atoms with Crippen molar-refractivity contribution < 1.29 is 0 Å². The van der Waals surface area contributed by atoms with Crippen LogP contribution in [0.3, 0.4) is 0 Å². The molecule has 0 nitrogen and oxygen atoms in total. The van der Waals surface area contributed by atoms with E-state index in [1.54, 1.807) is 0 Å². The lowest BCUT2D eigenvalue weighted by molar-refractivity contribution is 0.730. The van der Waals surface area contributed by atoms with E-state index in [-0.39, 0.29) is 17.4 Å². The van der Waals surface area contributed by atoms with Crippen LogP contribution in [0.2, 0.25) is 0 Å². The molecule has 0 N–H and O–H groups in total. The normalized spacial score (nSPS) is 7.62. The molecule has 0 unspecified atom stereocenters. The summed E-state index contributed by atoms with van der Waals surface area (Å²) >= 11 is 0. The molecule has 1 heteroatoms. The van der Waals surface area contributed by atoms with E-state index in [2.05, 4.69) is 13.5 Å². The number of rotatable bonds is 4. The predicted molar refractivity (Wildman–Crippen MR) is 44.3 cm³/mol. The Balaban J connectivity index is 0. The van der Waals surface area contributed by atoms with E-state index < -0.39 is 0 Å². The average molecular weight is 128 g/mol. The smallest absolute Gasteiger partial charge is 0.103 e. The first-order valence-corrected chi connectivity index (χ1v) is 3.02. The lowest BCUT2D eigenvalue weighted by Crippen LogP contribution is -1.67. The van der Waals surface area contributed by atoms with Gasteiger partial charge in [0.1, 0.15) is 0 Å². The predicted octanol–water partition coefficient (Wildman–Crippen LogP) is 1.57. The van der Waals surface area contributed by atoms with Gasteiger partial charge in [-0.2, -0.15) is 0 Å². The summed E-state index contributed by atoms with van der Waals surface area (Å²) in [6.07, 6.45) is 7.16. The van der Waals surface area contributed by atoms with Crippen molar-refractivity contribution in [3.05, 3.63) is 12.7 Å². The zero-order chi connectivity index (χ0) is 5.54. The van der Waals surface area contributed by atoms with Crippen molar-refractivity contribution in [3.8, 4) is 0 Å². The van der Waals surface area contributed by atoms with Gasteiger partial charge in [-0.25, -0.2) is 0 Å². The molecule has 0 atom stereocenters. The van der Waals surface area contributed by atoms with Gasteiger partial charge >= 0.3 is 0 Å². The fourth-order valence-electron chi connectivity index (χ4n) is 0.539. The SMILES string of the molecule is C=CCCCCC.[AlH3]. The molecular formula is C7H17Al. The number of hydrogen-bond donors (Lipinski definition) is 0. The molecule has 0 heterocycles. The Bertz CT molecular complexity index is 41.7. The molecule has 0 spiro atoms. The average Bonchev–Trinajstić information content (AvgIpc) is 1.69. The molecule has 0 aliphatic rings.